The minimum absolute atomic E-state index is 0.00273. The summed E-state index contributed by atoms with van der Waals surface area (Å²) in [5, 5.41) is 0. The summed E-state index contributed by atoms with van der Waals surface area (Å²) in [4.78, 5) is 10.8. The zero-order chi connectivity index (χ0) is 10.1. The molecule has 0 fully saturated rings. The lowest BCUT2D eigenvalue weighted by Gasteiger charge is -2.14. The number of esters is 1. The van der Waals surface area contributed by atoms with Crippen molar-refractivity contribution in [3.05, 3.63) is 12.7 Å². The lowest BCUT2D eigenvalue weighted by Crippen LogP contribution is -2.25. The van der Waals surface area contributed by atoms with Gasteiger partial charge in [-0.25, -0.2) is 4.79 Å². The predicted octanol–water partition coefficient (Wildman–Crippen LogP) is 0.962. The zero-order valence-corrected chi connectivity index (χ0v) is 9.83. The van der Waals surface area contributed by atoms with Gasteiger partial charge in [0.05, 0.1) is 0 Å². The van der Waals surface area contributed by atoms with Gasteiger partial charge < -0.3 is 9.16 Å². The van der Waals surface area contributed by atoms with E-state index in [1.165, 1.54) is 6.08 Å². The van der Waals surface area contributed by atoms with Crippen LogP contribution in [0, 0.1) is 0 Å². The highest BCUT2D eigenvalue weighted by Crippen LogP contribution is 1.98. The molecule has 4 heteroatoms. The van der Waals surface area contributed by atoms with Crippen molar-refractivity contribution in [3.8, 4) is 0 Å². The Morgan fingerprint density at radius 2 is 2.31 bits per heavy atom. The van der Waals surface area contributed by atoms with Crippen LogP contribution >= 0.6 is 0 Å². The third-order valence-corrected chi connectivity index (χ3v) is 3.20. The van der Waals surface area contributed by atoms with Crippen LogP contribution in [0.1, 0.15) is 26.7 Å². The first-order valence-electron chi connectivity index (χ1n) is 4.65. The van der Waals surface area contributed by atoms with Crippen LogP contribution in [0.2, 0.25) is 0 Å². The molecular weight excluding hydrogens is 184 g/mol. The molecule has 13 heavy (non-hydrogen) atoms. The van der Waals surface area contributed by atoms with Crippen LogP contribution in [0.4, 0.5) is 0 Å². The smallest absolute Gasteiger partial charge is 0.330 e. The first-order valence-corrected chi connectivity index (χ1v) is 6.04. The molecule has 0 aromatic rings. The largest absolute Gasteiger partial charge is 0.461 e. The van der Waals surface area contributed by atoms with Crippen molar-refractivity contribution in [1.82, 2.24) is 0 Å². The van der Waals surface area contributed by atoms with Crippen LogP contribution in [0.5, 0.6) is 0 Å². The Bertz CT molecular complexity index is 159. The monoisotopic (exact) mass is 202 g/mol. The minimum atomic E-state index is -0.729. The Morgan fingerprint density at radius 3 is 2.77 bits per heavy atom. The zero-order valence-electron chi connectivity index (χ0n) is 8.41. The first kappa shape index (κ1) is 12.4. The Hall–Kier alpha value is -0.613. The second-order valence-corrected chi connectivity index (χ2v) is 4.40. The van der Waals surface area contributed by atoms with Crippen molar-refractivity contribution in [2.75, 3.05) is 6.61 Å². The Morgan fingerprint density at radius 1 is 1.62 bits per heavy atom. The third-order valence-electron chi connectivity index (χ3n) is 1.56. The summed E-state index contributed by atoms with van der Waals surface area (Å²) >= 11 is 0. The summed E-state index contributed by atoms with van der Waals surface area (Å²) in [5.41, 5.74) is -0.00273. The average molecular weight is 202 g/mol. The van der Waals surface area contributed by atoms with Crippen LogP contribution in [-0.2, 0) is 14.0 Å². The van der Waals surface area contributed by atoms with Gasteiger partial charge >= 0.3 is 5.97 Å². The number of carbonyl (C=O) groups is 1. The van der Waals surface area contributed by atoms with E-state index in [9.17, 15) is 4.79 Å². The lowest BCUT2D eigenvalue weighted by atomic mass is 10.5. The average Bonchev–Trinajstić information content (AvgIpc) is 2.16. The molecular formula is C9H18O3Si. The number of carbonyl (C=O) groups excluding carboxylic acids is 1. The van der Waals surface area contributed by atoms with Gasteiger partial charge in [-0.1, -0.05) is 20.4 Å². The second-order valence-electron chi connectivity index (χ2n) is 2.75. The summed E-state index contributed by atoms with van der Waals surface area (Å²) in [6, 6.07) is 0. The van der Waals surface area contributed by atoms with Crippen LogP contribution in [0.25, 0.3) is 0 Å². The number of rotatable bonds is 7. The molecule has 0 amide bonds. The van der Waals surface area contributed by atoms with E-state index in [0.717, 1.165) is 19.4 Å². The van der Waals surface area contributed by atoms with Crippen LogP contribution in [-0.4, -0.2) is 28.1 Å². The number of hydrogen-bond acceptors (Lipinski definition) is 3. The molecule has 76 valence electrons. The molecule has 0 aromatic heterocycles. The molecule has 0 heterocycles. The predicted molar refractivity (Wildman–Crippen MR) is 55.2 cm³/mol. The van der Waals surface area contributed by atoms with Gasteiger partial charge in [-0.3, -0.25) is 0 Å². The SMILES string of the molecule is C=CC(=O)OC(CC)[SiH2]OCCC. The molecule has 0 aliphatic carbocycles. The molecule has 0 saturated carbocycles. The van der Waals surface area contributed by atoms with Gasteiger partial charge in [-0.15, -0.1) is 0 Å². The highest BCUT2D eigenvalue weighted by atomic mass is 28.2. The molecule has 1 atom stereocenters. The summed E-state index contributed by atoms with van der Waals surface area (Å²) < 4.78 is 10.5. The van der Waals surface area contributed by atoms with Gasteiger partial charge in [0.1, 0.15) is 5.73 Å². The van der Waals surface area contributed by atoms with Gasteiger partial charge in [0.25, 0.3) is 0 Å². The second kappa shape index (κ2) is 8.01. The number of hydrogen-bond donors (Lipinski definition) is 0. The fourth-order valence-corrected chi connectivity index (χ4v) is 1.99. The maximum Gasteiger partial charge on any atom is 0.330 e. The Balaban J connectivity index is 3.62. The highest BCUT2D eigenvalue weighted by Gasteiger charge is 2.10. The first-order chi connectivity index (χ1) is 6.24. The maximum atomic E-state index is 10.8. The van der Waals surface area contributed by atoms with Crippen LogP contribution in [0.15, 0.2) is 12.7 Å². The topological polar surface area (TPSA) is 35.5 Å². The van der Waals surface area contributed by atoms with Crippen LogP contribution in [0.3, 0.4) is 0 Å². The van der Waals surface area contributed by atoms with E-state index in [0.29, 0.717) is 0 Å². The van der Waals surface area contributed by atoms with Crippen molar-refractivity contribution in [1.29, 1.82) is 0 Å². The molecule has 0 bridgehead atoms. The molecule has 0 aromatic carbocycles. The van der Waals surface area contributed by atoms with Gasteiger partial charge in [0, 0.05) is 12.7 Å². The standard InChI is InChI=1S/C9H18O3Si/c1-4-7-11-13-9(6-3)12-8(10)5-2/h5,9H,2,4,6-7,13H2,1,3H3. The molecule has 0 spiro atoms. The molecule has 0 N–H and O–H groups in total. The third kappa shape index (κ3) is 6.54. The van der Waals surface area contributed by atoms with E-state index in [2.05, 4.69) is 13.5 Å². The van der Waals surface area contributed by atoms with Gasteiger partial charge in [0.2, 0.25) is 9.76 Å². The van der Waals surface area contributed by atoms with Crippen molar-refractivity contribution in [3.63, 3.8) is 0 Å². The fourth-order valence-electron chi connectivity index (χ4n) is 0.807. The molecule has 0 saturated heterocycles. The molecule has 3 nitrogen and oxygen atoms in total. The molecule has 1 unspecified atom stereocenters. The van der Waals surface area contributed by atoms with Crippen molar-refractivity contribution >= 4 is 15.7 Å². The van der Waals surface area contributed by atoms with Crippen molar-refractivity contribution in [2.45, 2.75) is 32.4 Å². The lowest BCUT2D eigenvalue weighted by molar-refractivity contribution is -0.140. The summed E-state index contributed by atoms with van der Waals surface area (Å²) in [7, 11) is -0.729. The Kier molecular flexibility index (Phi) is 7.63. The van der Waals surface area contributed by atoms with Gasteiger partial charge in [0.15, 0.2) is 0 Å². The molecule has 0 aliphatic rings. The van der Waals surface area contributed by atoms with E-state index in [4.69, 9.17) is 9.16 Å². The quantitative estimate of drug-likeness (QED) is 0.267. The summed E-state index contributed by atoms with van der Waals surface area (Å²) in [6.07, 6.45) is 3.03. The summed E-state index contributed by atoms with van der Waals surface area (Å²) in [5.74, 6) is -0.348. The van der Waals surface area contributed by atoms with E-state index in [1.807, 2.05) is 6.92 Å². The molecule has 0 aliphatic heterocycles. The van der Waals surface area contributed by atoms with E-state index in [1.54, 1.807) is 0 Å². The van der Waals surface area contributed by atoms with E-state index in [-0.39, 0.29) is 11.7 Å². The maximum absolute atomic E-state index is 10.8. The molecule has 0 radical (unpaired) electrons. The molecule has 0 rings (SSSR count). The highest BCUT2D eigenvalue weighted by molar-refractivity contribution is 6.29. The van der Waals surface area contributed by atoms with Gasteiger partial charge in [-0.2, -0.15) is 0 Å². The van der Waals surface area contributed by atoms with E-state index < -0.39 is 9.76 Å². The van der Waals surface area contributed by atoms with E-state index >= 15 is 0 Å². The fraction of sp³-hybridized carbons (Fsp3) is 0.667. The van der Waals surface area contributed by atoms with Crippen molar-refractivity contribution < 1.29 is 14.0 Å². The summed E-state index contributed by atoms with van der Waals surface area (Å²) in [6.45, 7) is 8.17. The minimum Gasteiger partial charge on any atom is -0.461 e. The van der Waals surface area contributed by atoms with Gasteiger partial charge in [-0.05, 0) is 12.8 Å². The Labute approximate surface area is 82.1 Å². The van der Waals surface area contributed by atoms with Crippen molar-refractivity contribution in [2.24, 2.45) is 0 Å². The normalized spacial score (nSPS) is 13.1. The van der Waals surface area contributed by atoms with Crippen LogP contribution < -0.4 is 0 Å². The number of ether oxygens (including phenoxy) is 1.